The minimum atomic E-state index is 0.0459. The van der Waals surface area contributed by atoms with Crippen molar-refractivity contribution >= 4 is 5.78 Å². The summed E-state index contributed by atoms with van der Waals surface area (Å²) >= 11 is 0. The Hall–Kier alpha value is -2.10. The summed E-state index contributed by atoms with van der Waals surface area (Å²) in [5.74, 6) is 1.75. The summed E-state index contributed by atoms with van der Waals surface area (Å²) in [4.78, 5) is 15.5. The highest BCUT2D eigenvalue weighted by atomic mass is 16.5. The molecular formula is C14H16N2O2. The normalized spacial score (nSPS) is 10.3. The van der Waals surface area contributed by atoms with Gasteiger partial charge >= 0.3 is 0 Å². The summed E-state index contributed by atoms with van der Waals surface area (Å²) in [5, 5.41) is 0. The molecule has 0 aliphatic rings. The second-order valence-electron chi connectivity index (χ2n) is 4.14. The van der Waals surface area contributed by atoms with Crippen molar-refractivity contribution in [3.8, 4) is 5.75 Å². The van der Waals surface area contributed by atoms with Gasteiger partial charge in [0.15, 0.2) is 5.78 Å². The van der Waals surface area contributed by atoms with E-state index in [4.69, 9.17) is 4.74 Å². The lowest BCUT2D eigenvalue weighted by molar-refractivity contribution is 0.101. The minimum Gasteiger partial charge on any atom is -0.493 e. The predicted molar refractivity (Wildman–Crippen MR) is 68.9 cm³/mol. The number of ketones is 1. The number of carbonyl (C=O) groups excluding carboxylic acids is 1. The Labute approximate surface area is 106 Å². The summed E-state index contributed by atoms with van der Waals surface area (Å²) in [6.07, 6.45) is 4.42. The maximum Gasteiger partial charge on any atom is 0.159 e. The molecule has 0 unspecified atom stereocenters. The van der Waals surface area contributed by atoms with Gasteiger partial charge in [0.1, 0.15) is 11.6 Å². The molecule has 0 aliphatic heterocycles. The van der Waals surface area contributed by atoms with Crippen molar-refractivity contribution in [1.29, 1.82) is 0 Å². The summed E-state index contributed by atoms with van der Waals surface area (Å²) in [6.45, 7) is 2.10. The van der Waals surface area contributed by atoms with Gasteiger partial charge in [0.05, 0.1) is 6.61 Å². The van der Waals surface area contributed by atoms with Crippen LogP contribution in [0.2, 0.25) is 0 Å². The number of carbonyl (C=O) groups is 1. The van der Waals surface area contributed by atoms with Gasteiger partial charge in [0.2, 0.25) is 0 Å². The first-order valence-electron chi connectivity index (χ1n) is 5.87. The molecule has 4 heteroatoms. The number of imidazole rings is 1. The van der Waals surface area contributed by atoms with Crippen LogP contribution in [0.3, 0.4) is 0 Å². The third kappa shape index (κ3) is 2.97. The highest BCUT2D eigenvalue weighted by Crippen LogP contribution is 2.14. The van der Waals surface area contributed by atoms with Gasteiger partial charge < -0.3 is 9.30 Å². The van der Waals surface area contributed by atoms with E-state index in [1.54, 1.807) is 25.3 Å². The van der Waals surface area contributed by atoms with E-state index in [0.717, 1.165) is 18.0 Å². The fourth-order valence-corrected chi connectivity index (χ4v) is 1.70. The molecule has 0 amide bonds. The van der Waals surface area contributed by atoms with Crippen LogP contribution < -0.4 is 4.74 Å². The molecule has 1 aromatic carbocycles. The molecule has 0 N–H and O–H groups in total. The van der Waals surface area contributed by atoms with Crippen LogP contribution >= 0.6 is 0 Å². The zero-order chi connectivity index (χ0) is 13.0. The third-order valence-electron chi connectivity index (χ3n) is 2.76. The standard InChI is InChI=1S/C14H16N2O2/c1-11(17)12-4-3-5-13(10-12)18-9-6-14-15-7-8-16(14)2/h3-5,7-8,10H,6,9H2,1-2H3. The Kier molecular flexibility index (Phi) is 3.77. The first kappa shape index (κ1) is 12.4. The largest absolute Gasteiger partial charge is 0.493 e. The van der Waals surface area contributed by atoms with Crippen LogP contribution in [0.15, 0.2) is 36.7 Å². The second-order valence-corrected chi connectivity index (χ2v) is 4.14. The van der Waals surface area contributed by atoms with E-state index < -0.39 is 0 Å². The van der Waals surface area contributed by atoms with E-state index in [1.807, 2.05) is 29.9 Å². The summed E-state index contributed by atoms with van der Waals surface area (Å²) in [5.41, 5.74) is 0.671. The molecule has 18 heavy (non-hydrogen) atoms. The molecule has 0 saturated heterocycles. The Morgan fingerprint density at radius 3 is 2.94 bits per heavy atom. The Morgan fingerprint density at radius 2 is 2.28 bits per heavy atom. The fraction of sp³-hybridized carbons (Fsp3) is 0.286. The fourth-order valence-electron chi connectivity index (χ4n) is 1.70. The third-order valence-corrected chi connectivity index (χ3v) is 2.76. The molecule has 2 rings (SSSR count). The monoisotopic (exact) mass is 244 g/mol. The van der Waals surface area contributed by atoms with Gasteiger partial charge in [-0.2, -0.15) is 0 Å². The maximum atomic E-state index is 11.2. The molecule has 0 spiro atoms. The predicted octanol–water partition coefficient (Wildman–Crippen LogP) is 2.24. The van der Waals surface area contributed by atoms with E-state index in [-0.39, 0.29) is 5.78 Å². The average molecular weight is 244 g/mol. The van der Waals surface area contributed by atoms with Crippen LogP contribution in [-0.4, -0.2) is 21.9 Å². The first-order chi connectivity index (χ1) is 8.66. The van der Waals surface area contributed by atoms with Gasteiger partial charge in [-0.15, -0.1) is 0 Å². The average Bonchev–Trinajstić information content (AvgIpc) is 2.76. The van der Waals surface area contributed by atoms with Crippen LogP contribution in [-0.2, 0) is 13.5 Å². The highest BCUT2D eigenvalue weighted by molar-refractivity contribution is 5.94. The van der Waals surface area contributed by atoms with Gasteiger partial charge in [0, 0.05) is 31.4 Å². The van der Waals surface area contributed by atoms with Gasteiger partial charge in [-0.25, -0.2) is 4.98 Å². The van der Waals surface area contributed by atoms with E-state index in [9.17, 15) is 4.79 Å². The van der Waals surface area contributed by atoms with Crippen LogP contribution in [0.25, 0.3) is 0 Å². The Bertz CT molecular complexity index is 546. The van der Waals surface area contributed by atoms with Crippen molar-refractivity contribution in [2.45, 2.75) is 13.3 Å². The lowest BCUT2D eigenvalue weighted by atomic mass is 10.1. The maximum absolute atomic E-state index is 11.2. The van der Waals surface area contributed by atoms with Gasteiger partial charge in [-0.3, -0.25) is 4.79 Å². The number of Topliss-reactive ketones (excluding diaryl/α,β-unsaturated/α-hetero) is 1. The van der Waals surface area contributed by atoms with E-state index in [0.29, 0.717) is 12.2 Å². The number of ether oxygens (including phenoxy) is 1. The number of hydrogen-bond donors (Lipinski definition) is 0. The number of nitrogens with zero attached hydrogens (tertiary/aromatic N) is 2. The summed E-state index contributed by atoms with van der Waals surface area (Å²) in [7, 11) is 1.96. The zero-order valence-corrected chi connectivity index (χ0v) is 10.6. The van der Waals surface area contributed by atoms with Gasteiger partial charge in [-0.1, -0.05) is 12.1 Å². The number of benzene rings is 1. The SMILES string of the molecule is CC(=O)c1cccc(OCCc2nccn2C)c1. The number of rotatable bonds is 5. The van der Waals surface area contributed by atoms with Crippen LogP contribution in [0.1, 0.15) is 23.1 Å². The van der Waals surface area contributed by atoms with E-state index in [2.05, 4.69) is 4.98 Å². The molecule has 0 atom stereocenters. The van der Waals surface area contributed by atoms with E-state index in [1.165, 1.54) is 0 Å². The highest BCUT2D eigenvalue weighted by Gasteiger charge is 2.02. The van der Waals surface area contributed by atoms with Crippen LogP contribution in [0.4, 0.5) is 0 Å². The smallest absolute Gasteiger partial charge is 0.159 e. The molecule has 1 aromatic heterocycles. The van der Waals surface area contributed by atoms with Crippen molar-refractivity contribution < 1.29 is 9.53 Å². The quantitative estimate of drug-likeness (QED) is 0.758. The lowest BCUT2D eigenvalue weighted by Gasteiger charge is -2.07. The van der Waals surface area contributed by atoms with Crippen molar-refractivity contribution in [3.63, 3.8) is 0 Å². The number of aryl methyl sites for hydroxylation is 1. The second kappa shape index (κ2) is 5.49. The molecule has 0 saturated carbocycles. The molecule has 0 fully saturated rings. The van der Waals surface area contributed by atoms with Crippen molar-refractivity contribution in [2.24, 2.45) is 7.05 Å². The van der Waals surface area contributed by atoms with Crippen molar-refractivity contribution in [3.05, 3.63) is 48.0 Å². The summed E-state index contributed by atoms with van der Waals surface area (Å²) in [6, 6.07) is 7.23. The molecule has 4 nitrogen and oxygen atoms in total. The van der Waals surface area contributed by atoms with E-state index >= 15 is 0 Å². The van der Waals surface area contributed by atoms with Crippen molar-refractivity contribution in [1.82, 2.24) is 9.55 Å². The van der Waals surface area contributed by atoms with Crippen molar-refractivity contribution in [2.75, 3.05) is 6.61 Å². The molecule has 0 aliphatic carbocycles. The van der Waals surface area contributed by atoms with Crippen LogP contribution in [0, 0.1) is 0 Å². The molecule has 2 aromatic rings. The molecule has 94 valence electrons. The topological polar surface area (TPSA) is 44.1 Å². The molecule has 0 radical (unpaired) electrons. The first-order valence-corrected chi connectivity index (χ1v) is 5.87. The zero-order valence-electron chi connectivity index (χ0n) is 10.6. The van der Waals surface area contributed by atoms with Crippen LogP contribution in [0.5, 0.6) is 5.75 Å². The molecule has 0 bridgehead atoms. The molecular weight excluding hydrogens is 228 g/mol. The Morgan fingerprint density at radius 1 is 1.44 bits per heavy atom. The number of aromatic nitrogens is 2. The van der Waals surface area contributed by atoms with Gasteiger partial charge in [0.25, 0.3) is 0 Å². The molecule has 1 heterocycles. The number of hydrogen-bond acceptors (Lipinski definition) is 3. The van der Waals surface area contributed by atoms with Gasteiger partial charge in [-0.05, 0) is 19.1 Å². The Balaban J connectivity index is 1.92. The summed E-state index contributed by atoms with van der Waals surface area (Å²) < 4.78 is 7.59. The minimum absolute atomic E-state index is 0.0459. The lowest BCUT2D eigenvalue weighted by Crippen LogP contribution is -2.06.